The highest BCUT2D eigenvalue weighted by Crippen LogP contribution is 2.41. The van der Waals surface area contributed by atoms with E-state index in [2.05, 4.69) is 30.3 Å². The molecule has 0 fully saturated rings. The van der Waals surface area contributed by atoms with Gasteiger partial charge in [-0.25, -0.2) is 0 Å². The van der Waals surface area contributed by atoms with Crippen LogP contribution in [0, 0.1) is 0 Å². The van der Waals surface area contributed by atoms with E-state index in [0.29, 0.717) is 12.5 Å². The lowest BCUT2D eigenvalue weighted by molar-refractivity contribution is 0.332. The Labute approximate surface area is 120 Å². The maximum Gasteiger partial charge on any atom is 0.124 e. The molecule has 0 aromatic heterocycles. The maximum absolute atomic E-state index is 6.41. The molecule has 0 saturated carbocycles. The van der Waals surface area contributed by atoms with E-state index in [4.69, 9.17) is 10.5 Å². The lowest BCUT2D eigenvalue weighted by atomic mass is 9.74. The smallest absolute Gasteiger partial charge is 0.124 e. The molecule has 104 valence electrons. The summed E-state index contributed by atoms with van der Waals surface area (Å²) in [4.78, 5) is 0. The number of hydrogen-bond donors (Lipinski definition) is 1. The van der Waals surface area contributed by atoms with Crippen molar-refractivity contribution in [3.63, 3.8) is 0 Å². The Morgan fingerprint density at radius 3 is 2.70 bits per heavy atom. The van der Waals surface area contributed by atoms with Crippen LogP contribution in [0.5, 0.6) is 5.75 Å². The molecule has 2 nitrogen and oxygen atoms in total. The van der Waals surface area contributed by atoms with Crippen LogP contribution in [0.4, 0.5) is 0 Å². The number of nitrogens with two attached hydrogens (primary N) is 1. The fourth-order valence-electron chi connectivity index (χ4n) is 3.08. The Morgan fingerprint density at radius 2 is 1.90 bits per heavy atom. The monoisotopic (exact) mass is 267 g/mol. The van der Waals surface area contributed by atoms with E-state index in [9.17, 15) is 0 Å². The molecule has 0 spiro atoms. The molecular formula is C18H21NO. The Kier molecular flexibility index (Phi) is 3.75. The summed E-state index contributed by atoms with van der Waals surface area (Å²) in [5, 5.41) is 0. The van der Waals surface area contributed by atoms with Crippen LogP contribution in [0.2, 0.25) is 0 Å². The van der Waals surface area contributed by atoms with Crippen molar-refractivity contribution in [2.45, 2.75) is 31.7 Å². The molecule has 1 aliphatic carbocycles. The van der Waals surface area contributed by atoms with Gasteiger partial charge in [0.1, 0.15) is 5.75 Å². The molecule has 0 aliphatic heterocycles. The van der Waals surface area contributed by atoms with Gasteiger partial charge in [0.15, 0.2) is 0 Å². The van der Waals surface area contributed by atoms with Crippen molar-refractivity contribution < 1.29 is 4.74 Å². The first-order valence-corrected chi connectivity index (χ1v) is 7.34. The molecule has 3 rings (SSSR count). The number of hydrogen-bond acceptors (Lipinski definition) is 2. The number of ether oxygens (including phenoxy) is 1. The first-order valence-electron chi connectivity index (χ1n) is 7.34. The molecule has 2 unspecified atom stereocenters. The number of rotatable bonds is 5. The van der Waals surface area contributed by atoms with Crippen LogP contribution in [0.25, 0.3) is 0 Å². The Hall–Kier alpha value is -1.80. The highest BCUT2D eigenvalue weighted by atomic mass is 16.5. The van der Waals surface area contributed by atoms with Crippen molar-refractivity contribution in [2.75, 3.05) is 6.61 Å². The summed E-state index contributed by atoms with van der Waals surface area (Å²) in [6.07, 6.45) is 2.14. The van der Waals surface area contributed by atoms with Crippen LogP contribution in [0.15, 0.2) is 48.5 Å². The molecule has 2 atom stereocenters. The van der Waals surface area contributed by atoms with Gasteiger partial charge in [0.2, 0.25) is 0 Å². The van der Waals surface area contributed by atoms with Crippen molar-refractivity contribution in [1.82, 2.24) is 0 Å². The molecular weight excluding hydrogens is 246 g/mol. The van der Waals surface area contributed by atoms with Crippen LogP contribution < -0.4 is 10.5 Å². The van der Waals surface area contributed by atoms with Crippen molar-refractivity contribution >= 4 is 0 Å². The molecule has 20 heavy (non-hydrogen) atoms. The molecule has 1 aliphatic rings. The third kappa shape index (κ3) is 2.44. The van der Waals surface area contributed by atoms with Gasteiger partial charge in [-0.2, -0.15) is 0 Å². The third-order valence-electron chi connectivity index (χ3n) is 4.12. The SMILES string of the molecule is CCOc1ccccc1C(N)CC1Cc2ccccc21. The van der Waals surface area contributed by atoms with Crippen LogP contribution in [0.3, 0.4) is 0 Å². The van der Waals surface area contributed by atoms with Gasteiger partial charge in [0.05, 0.1) is 6.61 Å². The van der Waals surface area contributed by atoms with E-state index < -0.39 is 0 Å². The minimum atomic E-state index is 0.0381. The average Bonchev–Trinajstić information content (AvgIpc) is 2.45. The molecule has 0 bridgehead atoms. The normalized spacial score (nSPS) is 18.0. The van der Waals surface area contributed by atoms with Gasteiger partial charge in [-0.1, -0.05) is 42.5 Å². The zero-order valence-electron chi connectivity index (χ0n) is 11.9. The summed E-state index contributed by atoms with van der Waals surface area (Å²) >= 11 is 0. The van der Waals surface area contributed by atoms with E-state index in [-0.39, 0.29) is 6.04 Å². The summed E-state index contributed by atoms with van der Waals surface area (Å²) in [5.74, 6) is 1.52. The largest absolute Gasteiger partial charge is 0.494 e. The van der Waals surface area contributed by atoms with Gasteiger partial charge < -0.3 is 10.5 Å². The Morgan fingerprint density at radius 1 is 1.15 bits per heavy atom. The van der Waals surface area contributed by atoms with Gasteiger partial charge in [-0.3, -0.25) is 0 Å². The van der Waals surface area contributed by atoms with Gasteiger partial charge >= 0.3 is 0 Å². The molecule has 2 aromatic rings. The van der Waals surface area contributed by atoms with Crippen LogP contribution >= 0.6 is 0 Å². The Bertz CT molecular complexity index is 593. The fourth-order valence-corrected chi connectivity index (χ4v) is 3.08. The standard InChI is InChI=1S/C18H21NO/c1-2-20-18-10-6-5-9-16(18)17(19)12-14-11-13-7-3-4-8-15(13)14/h3-10,14,17H,2,11-12,19H2,1H3. The number of para-hydroxylation sites is 1. The number of fused-ring (bicyclic) bond motifs is 1. The fraction of sp³-hybridized carbons (Fsp3) is 0.333. The van der Waals surface area contributed by atoms with Crippen molar-refractivity contribution in [1.29, 1.82) is 0 Å². The molecule has 0 heterocycles. The molecule has 0 amide bonds. The van der Waals surface area contributed by atoms with Gasteiger partial charge in [0, 0.05) is 11.6 Å². The summed E-state index contributed by atoms with van der Waals surface area (Å²) in [5.41, 5.74) is 10.5. The minimum absolute atomic E-state index is 0.0381. The third-order valence-corrected chi connectivity index (χ3v) is 4.12. The summed E-state index contributed by atoms with van der Waals surface area (Å²) < 4.78 is 5.68. The van der Waals surface area contributed by atoms with E-state index >= 15 is 0 Å². The minimum Gasteiger partial charge on any atom is -0.494 e. The first kappa shape index (κ1) is 13.2. The highest BCUT2D eigenvalue weighted by molar-refractivity contribution is 5.41. The summed E-state index contributed by atoms with van der Waals surface area (Å²) in [7, 11) is 0. The lowest BCUT2D eigenvalue weighted by Gasteiger charge is -2.32. The maximum atomic E-state index is 6.41. The predicted molar refractivity (Wildman–Crippen MR) is 82.0 cm³/mol. The van der Waals surface area contributed by atoms with E-state index in [0.717, 1.165) is 24.2 Å². The topological polar surface area (TPSA) is 35.2 Å². The molecule has 0 radical (unpaired) electrons. The summed E-state index contributed by atoms with van der Waals surface area (Å²) in [6.45, 7) is 2.68. The second-order valence-corrected chi connectivity index (χ2v) is 5.41. The van der Waals surface area contributed by atoms with E-state index in [1.54, 1.807) is 0 Å². The van der Waals surface area contributed by atoms with E-state index in [1.807, 2.05) is 25.1 Å². The first-order chi connectivity index (χ1) is 9.79. The van der Waals surface area contributed by atoms with E-state index in [1.165, 1.54) is 11.1 Å². The van der Waals surface area contributed by atoms with Crippen LogP contribution in [-0.2, 0) is 6.42 Å². The molecule has 2 aromatic carbocycles. The van der Waals surface area contributed by atoms with Crippen molar-refractivity contribution in [3.05, 3.63) is 65.2 Å². The molecule has 2 heteroatoms. The van der Waals surface area contributed by atoms with Gasteiger partial charge in [-0.15, -0.1) is 0 Å². The Balaban J connectivity index is 1.73. The van der Waals surface area contributed by atoms with Gasteiger partial charge in [0.25, 0.3) is 0 Å². The highest BCUT2D eigenvalue weighted by Gasteiger charge is 2.28. The second kappa shape index (κ2) is 5.68. The van der Waals surface area contributed by atoms with Crippen LogP contribution in [0.1, 0.15) is 42.0 Å². The average molecular weight is 267 g/mol. The zero-order valence-corrected chi connectivity index (χ0v) is 11.9. The van der Waals surface area contributed by atoms with Crippen LogP contribution in [-0.4, -0.2) is 6.61 Å². The van der Waals surface area contributed by atoms with Crippen molar-refractivity contribution in [2.24, 2.45) is 5.73 Å². The van der Waals surface area contributed by atoms with Crippen molar-refractivity contribution in [3.8, 4) is 5.75 Å². The zero-order chi connectivity index (χ0) is 13.9. The predicted octanol–water partition coefficient (Wildman–Crippen LogP) is 3.82. The number of benzene rings is 2. The lowest BCUT2D eigenvalue weighted by Crippen LogP contribution is -2.23. The molecule has 0 saturated heterocycles. The quantitative estimate of drug-likeness (QED) is 0.894. The molecule has 2 N–H and O–H groups in total. The second-order valence-electron chi connectivity index (χ2n) is 5.41. The summed E-state index contributed by atoms with van der Waals surface area (Å²) in [6, 6.07) is 16.8. The van der Waals surface area contributed by atoms with Gasteiger partial charge in [-0.05, 0) is 42.9 Å².